The van der Waals surface area contributed by atoms with Gasteiger partial charge < -0.3 is 9.80 Å². The van der Waals surface area contributed by atoms with Crippen molar-refractivity contribution >= 4 is 39.1 Å². The smallest absolute Gasteiger partial charge is 0.254 e. The lowest BCUT2D eigenvalue weighted by atomic mass is 10.1. The molecule has 0 bridgehead atoms. The van der Waals surface area contributed by atoms with Crippen molar-refractivity contribution in [2.24, 2.45) is 0 Å². The molecule has 2 heterocycles. The predicted octanol–water partition coefficient (Wildman–Crippen LogP) is 1.16. The highest BCUT2D eigenvalue weighted by Crippen LogP contribution is 2.30. The maximum Gasteiger partial charge on any atom is 0.254 e. The Hall–Kier alpha value is -1.54. The van der Waals surface area contributed by atoms with Crippen molar-refractivity contribution in [1.29, 1.82) is 0 Å². The number of hydrogen-bond acceptors (Lipinski definition) is 5. The van der Waals surface area contributed by atoms with E-state index in [1.807, 2.05) is 0 Å². The standard InChI is InChI=1S/C16H20N2O4S2/c1-11(19)17-6-5-12-9-13(3-4-14(12)17)16(20)18-7-8-23-10-15(18)24(2,21)22/h3-4,9,15H,5-8,10H2,1-2H3. The van der Waals surface area contributed by atoms with E-state index in [0.29, 0.717) is 30.8 Å². The van der Waals surface area contributed by atoms with Crippen molar-refractivity contribution in [2.75, 3.05) is 35.8 Å². The van der Waals surface area contributed by atoms with Gasteiger partial charge in [-0.3, -0.25) is 9.59 Å². The lowest BCUT2D eigenvalue weighted by Gasteiger charge is -2.34. The molecule has 130 valence electrons. The normalized spacial score (nSPS) is 20.8. The second-order valence-electron chi connectivity index (χ2n) is 6.12. The van der Waals surface area contributed by atoms with Crippen molar-refractivity contribution in [1.82, 2.24) is 4.90 Å². The summed E-state index contributed by atoms with van der Waals surface area (Å²) in [6.45, 7) is 2.57. The summed E-state index contributed by atoms with van der Waals surface area (Å²) in [5, 5.41) is -0.772. The van der Waals surface area contributed by atoms with Gasteiger partial charge in [0.2, 0.25) is 5.91 Å². The second-order valence-corrected chi connectivity index (χ2v) is 9.47. The van der Waals surface area contributed by atoms with Gasteiger partial charge in [0.05, 0.1) is 0 Å². The molecule has 2 aliphatic heterocycles. The first kappa shape index (κ1) is 17.3. The molecule has 8 heteroatoms. The molecule has 3 rings (SSSR count). The van der Waals surface area contributed by atoms with E-state index < -0.39 is 15.2 Å². The van der Waals surface area contributed by atoms with E-state index >= 15 is 0 Å². The summed E-state index contributed by atoms with van der Waals surface area (Å²) in [4.78, 5) is 27.6. The molecule has 0 saturated carbocycles. The van der Waals surface area contributed by atoms with Crippen LogP contribution in [0.25, 0.3) is 0 Å². The van der Waals surface area contributed by atoms with Crippen molar-refractivity contribution < 1.29 is 18.0 Å². The van der Waals surface area contributed by atoms with Crippen LogP contribution < -0.4 is 4.90 Å². The van der Waals surface area contributed by atoms with Gasteiger partial charge in [-0.05, 0) is 30.2 Å². The minimum Gasteiger partial charge on any atom is -0.320 e. The van der Waals surface area contributed by atoms with Crippen LogP contribution in [0.15, 0.2) is 18.2 Å². The van der Waals surface area contributed by atoms with E-state index in [1.165, 1.54) is 18.1 Å². The van der Waals surface area contributed by atoms with Gasteiger partial charge in [0.15, 0.2) is 9.84 Å². The number of rotatable bonds is 2. The number of fused-ring (bicyclic) bond motifs is 1. The van der Waals surface area contributed by atoms with Gasteiger partial charge in [-0.2, -0.15) is 11.8 Å². The second kappa shape index (κ2) is 6.40. The van der Waals surface area contributed by atoms with Crippen molar-refractivity contribution in [3.8, 4) is 0 Å². The SMILES string of the molecule is CC(=O)N1CCc2cc(C(=O)N3CCSCC3S(C)(=O)=O)ccc21. The number of carbonyl (C=O) groups excluding carboxylic acids is 2. The Morgan fingerprint density at radius 1 is 1.25 bits per heavy atom. The van der Waals surface area contributed by atoms with E-state index in [2.05, 4.69) is 0 Å². The van der Waals surface area contributed by atoms with Crippen LogP contribution in [-0.2, 0) is 21.1 Å². The summed E-state index contributed by atoms with van der Waals surface area (Å²) >= 11 is 1.55. The molecule has 0 spiro atoms. The molecule has 0 aliphatic carbocycles. The topological polar surface area (TPSA) is 74.8 Å². The minimum absolute atomic E-state index is 0.0157. The molecule has 1 fully saturated rings. The summed E-state index contributed by atoms with van der Waals surface area (Å²) in [6, 6.07) is 5.26. The third-order valence-electron chi connectivity index (χ3n) is 4.44. The summed E-state index contributed by atoms with van der Waals surface area (Å²) in [7, 11) is -3.33. The van der Waals surface area contributed by atoms with Crippen molar-refractivity contribution in [2.45, 2.75) is 18.7 Å². The van der Waals surface area contributed by atoms with Gasteiger partial charge in [-0.15, -0.1) is 0 Å². The van der Waals surface area contributed by atoms with E-state index in [4.69, 9.17) is 0 Å². The Balaban J connectivity index is 1.89. The summed E-state index contributed by atoms with van der Waals surface area (Å²) in [5.74, 6) is 0.877. The van der Waals surface area contributed by atoms with Crippen LogP contribution in [0.1, 0.15) is 22.8 Å². The van der Waals surface area contributed by atoms with Crippen LogP contribution in [0.5, 0.6) is 0 Å². The highest BCUT2D eigenvalue weighted by atomic mass is 32.2. The van der Waals surface area contributed by atoms with Gasteiger partial charge in [-0.1, -0.05) is 0 Å². The fourth-order valence-electron chi connectivity index (χ4n) is 3.20. The molecule has 0 aromatic heterocycles. The molecule has 6 nitrogen and oxygen atoms in total. The molecule has 0 radical (unpaired) electrons. The third-order valence-corrected chi connectivity index (χ3v) is 7.09. The van der Waals surface area contributed by atoms with E-state index in [1.54, 1.807) is 34.9 Å². The highest BCUT2D eigenvalue weighted by molar-refractivity contribution is 8.00. The number of nitrogens with zero attached hydrogens (tertiary/aromatic N) is 2. The van der Waals surface area contributed by atoms with Crippen LogP contribution in [-0.4, -0.2) is 61.4 Å². The monoisotopic (exact) mass is 368 g/mol. The molecule has 1 aromatic carbocycles. The van der Waals surface area contributed by atoms with Gasteiger partial charge in [0.25, 0.3) is 5.91 Å². The Morgan fingerprint density at radius 2 is 2.00 bits per heavy atom. The number of benzene rings is 1. The Morgan fingerprint density at radius 3 is 2.67 bits per heavy atom. The number of carbonyl (C=O) groups is 2. The molecule has 1 aromatic rings. The first-order valence-electron chi connectivity index (χ1n) is 7.77. The first-order valence-corrected chi connectivity index (χ1v) is 10.9. The Kier molecular flexibility index (Phi) is 4.61. The number of amides is 2. The van der Waals surface area contributed by atoms with Crippen molar-refractivity contribution in [3.05, 3.63) is 29.3 Å². The lowest BCUT2D eigenvalue weighted by molar-refractivity contribution is -0.116. The van der Waals surface area contributed by atoms with E-state index in [0.717, 1.165) is 17.0 Å². The van der Waals surface area contributed by atoms with Crippen LogP contribution in [0.3, 0.4) is 0 Å². The van der Waals surface area contributed by atoms with Gasteiger partial charge in [-0.25, -0.2) is 8.42 Å². The maximum atomic E-state index is 12.8. The third kappa shape index (κ3) is 3.17. The average Bonchev–Trinajstić information content (AvgIpc) is 2.96. The minimum atomic E-state index is -3.33. The van der Waals surface area contributed by atoms with Crippen molar-refractivity contribution in [3.63, 3.8) is 0 Å². The summed E-state index contributed by atoms with van der Waals surface area (Å²) in [6.07, 6.45) is 1.89. The van der Waals surface area contributed by atoms with Gasteiger partial charge >= 0.3 is 0 Å². The zero-order valence-electron chi connectivity index (χ0n) is 13.7. The zero-order chi connectivity index (χ0) is 17.5. The molecule has 24 heavy (non-hydrogen) atoms. The maximum absolute atomic E-state index is 12.8. The van der Waals surface area contributed by atoms with Crippen LogP contribution in [0.4, 0.5) is 5.69 Å². The molecule has 1 saturated heterocycles. The molecule has 0 N–H and O–H groups in total. The zero-order valence-corrected chi connectivity index (χ0v) is 15.3. The Labute approximate surface area is 146 Å². The number of hydrogen-bond donors (Lipinski definition) is 0. The highest BCUT2D eigenvalue weighted by Gasteiger charge is 2.35. The molecule has 2 aliphatic rings. The fraction of sp³-hybridized carbons (Fsp3) is 0.500. The number of thioether (sulfide) groups is 1. The molecular weight excluding hydrogens is 348 g/mol. The largest absolute Gasteiger partial charge is 0.320 e. The average molecular weight is 368 g/mol. The van der Waals surface area contributed by atoms with Crippen LogP contribution >= 0.6 is 11.8 Å². The van der Waals surface area contributed by atoms with Crippen LogP contribution in [0.2, 0.25) is 0 Å². The van der Waals surface area contributed by atoms with Crippen LogP contribution in [0, 0.1) is 0 Å². The summed E-state index contributed by atoms with van der Waals surface area (Å²) < 4.78 is 24.0. The van der Waals surface area contributed by atoms with Gasteiger partial charge in [0, 0.05) is 49.0 Å². The molecule has 2 amide bonds. The lowest BCUT2D eigenvalue weighted by Crippen LogP contribution is -2.49. The van der Waals surface area contributed by atoms with E-state index in [-0.39, 0.29) is 11.8 Å². The fourth-order valence-corrected chi connectivity index (χ4v) is 6.01. The first-order chi connectivity index (χ1) is 11.3. The predicted molar refractivity (Wildman–Crippen MR) is 95.2 cm³/mol. The Bertz CT molecular complexity index is 791. The molecule has 1 atom stereocenters. The van der Waals surface area contributed by atoms with Gasteiger partial charge in [0.1, 0.15) is 5.37 Å². The number of anilines is 1. The number of sulfone groups is 1. The molecule has 1 unspecified atom stereocenters. The summed E-state index contributed by atoms with van der Waals surface area (Å²) in [5.41, 5.74) is 2.28. The molecular formula is C16H20N2O4S2. The quantitative estimate of drug-likeness (QED) is 0.783. The van der Waals surface area contributed by atoms with E-state index in [9.17, 15) is 18.0 Å².